The van der Waals surface area contributed by atoms with Gasteiger partial charge < -0.3 is 5.73 Å². The van der Waals surface area contributed by atoms with Gasteiger partial charge in [-0.3, -0.25) is 0 Å². The van der Waals surface area contributed by atoms with Crippen molar-refractivity contribution in [2.45, 2.75) is 37.0 Å². The van der Waals surface area contributed by atoms with Crippen LogP contribution in [0.4, 0.5) is 0 Å². The van der Waals surface area contributed by atoms with Crippen molar-refractivity contribution in [3.8, 4) is 0 Å². The van der Waals surface area contributed by atoms with Gasteiger partial charge in [0, 0.05) is 6.04 Å². The fourth-order valence-corrected chi connectivity index (χ4v) is 4.54. The van der Waals surface area contributed by atoms with Crippen molar-refractivity contribution in [3.63, 3.8) is 0 Å². The topological polar surface area (TPSA) is 60.2 Å². The van der Waals surface area contributed by atoms with Crippen molar-refractivity contribution in [1.29, 1.82) is 0 Å². The zero-order valence-corrected chi connectivity index (χ0v) is 10.7. The molecule has 2 N–H and O–H groups in total. The maximum absolute atomic E-state index is 11.9. The van der Waals surface area contributed by atoms with Crippen molar-refractivity contribution in [1.82, 2.24) is 0 Å². The van der Waals surface area contributed by atoms with Crippen LogP contribution in [-0.2, 0) is 16.3 Å². The largest absolute Gasteiger partial charge is 0.326 e. The van der Waals surface area contributed by atoms with Crippen molar-refractivity contribution in [3.05, 3.63) is 35.9 Å². The van der Waals surface area contributed by atoms with Crippen molar-refractivity contribution in [2.24, 2.45) is 5.73 Å². The van der Waals surface area contributed by atoms with Gasteiger partial charge in [0.15, 0.2) is 9.84 Å². The average molecular weight is 253 g/mol. The molecule has 1 aliphatic rings. The second-order valence-electron chi connectivity index (χ2n) is 4.75. The van der Waals surface area contributed by atoms with Crippen LogP contribution in [0.1, 0.15) is 24.8 Å². The summed E-state index contributed by atoms with van der Waals surface area (Å²) in [4.78, 5) is 0. The van der Waals surface area contributed by atoms with E-state index in [0.29, 0.717) is 12.2 Å². The smallest absolute Gasteiger partial charge is 0.154 e. The van der Waals surface area contributed by atoms with E-state index in [0.717, 1.165) is 24.8 Å². The fourth-order valence-electron chi connectivity index (χ4n) is 2.48. The minimum atomic E-state index is -2.97. The lowest BCUT2D eigenvalue weighted by Crippen LogP contribution is -2.44. The van der Waals surface area contributed by atoms with Crippen LogP contribution in [-0.4, -0.2) is 25.5 Å². The van der Waals surface area contributed by atoms with E-state index in [4.69, 9.17) is 5.73 Å². The van der Waals surface area contributed by atoms with Gasteiger partial charge in [0.1, 0.15) is 0 Å². The van der Waals surface area contributed by atoms with Crippen LogP contribution >= 0.6 is 0 Å². The van der Waals surface area contributed by atoms with Gasteiger partial charge in [-0.15, -0.1) is 0 Å². The molecule has 0 bridgehead atoms. The summed E-state index contributed by atoms with van der Waals surface area (Å²) in [5.74, 6) is 0.306. The molecule has 1 aromatic carbocycles. The Bertz CT molecular complexity index is 456. The Labute approximate surface area is 103 Å². The van der Waals surface area contributed by atoms with Crippen LogP contribution < -0.4 is 5.73 Å². The summed E-state index contributed by atoms with van der Waals surface area (Å²) >= 11 is 0. The molecule has 1 heterocycles. The van der Waals surface area contributed by atoms with Crippen LogP contribution in [0.5, 0.6) is 0 Å². The molecule has 2 unspecified atom stereocenters. The van der Waals surface area contributed by atoms with Crippen LogP contribution in [0.2, 0.25) is 0 Å². The molecule has 0 radical (unpaired) electrons. The number of rotatable bonds is 3. The minimum absolute atomic E-state index is 0.275. The normalized spacial score (nSPS) is 25.4. The Morgan fingerprint density at radius 3 is 2.59 bits per heavy atom. The van der Waals surface area contributed by atoms with Gasteiger partial charge >= 0.3 is 0 Å². The molecule has 0 saturated carbocycles. The molecule has 1 fully saturated rings. The molecule has 94 valence electrons. The number of hydrogen-bond donors (Lipinski definition) is 1. The third kappa shape index (κ3) is 3.07. The predicted molar refractivity (Wildman–Crippen MR) is 69.5 cm³/mol. The summed E-state index contributed by atoms with van der Waals surface area (Å²) < 4.78 is 23.9. The number of sulfone groups is 1. The number of benzene rings is 1. The molecular weight excluding hydrogens is 234 g/mol. The highest BCUT2D eigenvalue weighted by Gasteiger charge is 2.33. The van der Waals surface area contributed by atoms with Crippen molar-refractivity contribution >= 4 is 9.84 Å². The second-order valence-corrected chi connectivity index (χ2v) is 7.09. The first-order valence-electron chi connectivity index (χ1n) is 6.11. The van der Waals surface area contributed by atoms with E-state index in [-0.39, 0.29) is 11.3 Å². The van der Waals surface area contributed by atoms with Crippen LogP contribution in [0.3, 0.4) is 0 Å². The zero-order chi connectivity index (χ0) is 12.3. The SMILES string of the molecule is NC(Cc1ccccc1)C1CCCCS1(=O)=O. The summed E-state index contributed by atoms with van der Waals surface area (Å²) in [7, 11) is -2.97. The first kappa shape index (κ1) is 12.6. The van der Waals surface area contributed by atoms with Gasteiger partial charge in [0.2, 0.25) is 0 Å². The van der Waals surface area contributed by atoms with E-state index in [1.807, 2.05) is 30.3 Å². The molecule has 2 atom stereocenters. The first-order valence-corrected chi connectivity index (χ1v) is 7.82. The maximum Gasteiger partial charge on any atom is 0.154 e. The van der Waals surface area contributed by atoms with E-state index in [2.05, 4.69) is 0 Å². The zero-order valence-electron chi connectivity index (χ0n) is 9.88. The molecule has 3 nitrogen and oxygen atoms in total. The van der Waals surface area contributed by atoms with Gasteiger partial charge in [-0.25, -0.2) is 8.42 Å². The van der Waals surface area contributed by atoms with Gasteiger partial charge in [-0.2, -0.15) is 0 Å². The van der Waals surface area contributed by atoms with E-state index >= 15 is 0 Å². The standard InChI is InChI=1S/C13H19NO2S/c14-12(10-11-6-2-1-3-7-11)13-8-4-5-9-17(13,15)16/h1-3,6-7,12-13H,4-5,8-10,14H2. The summed E-state index contributed by atoms with van der Waals surface area (Å²) in [6, 6.07) is 9.58. The third-order valence-electron chi connectivity index (χ3n) is 3.42. The molecular formula is C13H19NO2S. The van der Waals surface area contributed by atoms with Gasteiger partial charge in [0.05, 0.1) is 11.0 Å². The van der Waals surface area contributed by atoms with E-state index < -0.39 is 9.84 Å². The lowest BCUT2D eigenvalue weighted by molar-refractivity contribution is 0.495. The highest BCUT2D eigenvalue weighted by atomic mass is 32.2. The number of hydrogen-bond acceptors (Lipinski definition) is 3. The molecule has 17 heavy (non-hydrogen) atoms. The molecule has 4 heteroatoms. The monoisotopic (exact) mass is 253 g/mol. The molecule has 1 aliphatic heterocycles. The molecule has 0 aliphatic carbocycles. The van der Waals surface area contributed by atoms with Gasteiger partial charge in [-0.1, -0.05) is 36.8 Å². The van der Waals surface area contributed by atoms with Crippen molar-refractivity contribution < 1.29 is 8.42 Å². The maximum atomic E-state index is 11.9. The Kier molecular flexibility index (Phi) is 3.84. The van der Waals surface area contributed by atoms with E-state index in [9.17, 15) is 8.42 Å². The van der Waals surface area contributed by atoms with Crippen LogP contribution in [0, 0.1) is 0 Å². The first-order chi connectivity index (χ1) is 8.09. The molecule has 0 aromatic heterocycles. The molecule has 0 amide bonds. The Morgan fingerprint density at radius 2 is 1.94 bits per heavy atom. The summed E-state index contributed by atoms with van der Waals surface area (Å²) in [5.41, 5.74) is 7.19. The predicted octanol–water partition coefficient (Wildman–Crippen LogP) is 1.52. The highest BCUT2D eigenvalue weighted by Crippen LogP contribution is 2.23. The minimum Gasteiger partial charge on any atom is -0.326 e. The van der Waals surface area contributed by atoms with E-state index in [1.165, 1.54) is 0 Å². The fraction of sp³-hybridized carbons (Fsp3) is 0.538. The van der Waals surface area contributed by atoms with Gasteiger partial charge in [-0.05, 0) is 24.8 Å². The Morgan fingerprint density at radius 1 is 1.24 bits per heavy atom. The van der Waals surface area contributed by atoms with E-state index in [1.54, 1.807) is 0 Å². The molecule has 0 spiro atoms. The summed E-state index contributed by atoms with van der Waals surface area (Å²) in [5, 5.41) is -0.351. The molecule has 1 aromatic rings. The third-order valence-corrected chi connectivity index (χ3v) is 5.79. The summed E-state index contributed by atoms with van der Waals surface area (Å²) in [6.45, 7) is 0. The average Bonchev–Trinajstić information content (AvgIpc) is 2.29. The number of nitrogens with two attached hydrogens (primary N) is 1. The molecule has 2 rings (SSSR count). The second kappa shape index (κ2) is 5.19. The van der Waals surface area contributed by atoms with Crippen molar-refractivity contribution in [2.75, 3.05) is 5.75 Å². The quantitative estimate of drug-likeness (QED) is 0.888. The Balaban J connectivity index is 2.07. The van der Waals surface area contributed by atoms with Crippen LogP contribution in [0.25, 0.3) is 0 Å². The highest BCUT2D eigenvalue weighted by molar-refractivity contribution is 7.92. The summed E-state index contributed by atoms with van der Waals surface area (Å²) in [6.07, 6.45) is 3.13. The molecule has 1 saturated heterocycles. The van der Waals surface area contributed by atoms with Crippen LogP contribution in [0.15, 0.2) is 30.3 Å². The lowest BCUT2D eigenvalue weighted by Gasteiger charge is -2.27. The Hall–Kier alpha value is -0.870. The van der Waals surface area contributed by atoms with Gasteiger partial charge in [0.25, 0.3) is 0 Å². The lowest BCUT2D eigenvalue weighted by atomic mass is 10.0.